The summed E-state index contributed by atoms with van der Waals surface area (Å²) in [6, 6.07) is 25.7. The lowest BCUT2D eigenvalue weighted by molar-refractivity contribution is -0.102. The third-order valence-corrected chi connectivity index (χ3v) is 8.51. The van der Waals surface area contributed by atoms with Gasteiger partial charge in [-0.15, -0.1) is 0 Å². The fourth-order valence-electron chi connectivity index (χ4n) is 6.58. The second-order valence-electron chi connectivity index (χ2n) is 10.6. The standard InChI is InChI=1S/C31H34N2O2/c1-22-11-12-28-26(17-22)27-19-31(34)21-33(15-13-23-7-4-3-5-8-23)16-14-30(31,20-29(27)32-28)24-9-6-10-25(18-24)35-2/h3-12,17-18,32,34H,13-16,19-21H2,1-2H3/t30-,31-/m0/s1. The molecule has 0 radical (unpaired) electrons. The Morgan fingerprint density at radius 2 is 1.86 bits per heavy atom. The Labute approximate surface area is 207 Å². The fourth-order valence-corrected chi connectivity index (χ4v) is 6.58. The molecule has 0 saturated carbocycles. The van der Waals surface area contributed by atoms with Gasteiger partial charge in [0.05, 0.1) is 12.7 Å². The van der Waals surface area contributed by atoms with Crippen molar-refractivity contribution in [2.75, 3.05) is 26.7 Å². The van der Waals surface area contributed by atoms with Crippen LogP contribution in [-0.4, -0.2) is 47.3 Å². The number of rotatable bonds is 5. The van der Waals surface area contributed by atoms with Crippen LogP contribution in [0.25, 0.3) is 10.9 Å². The average molecular weight is 467 g/mol. The summed E-state index contributed by atoms with van der Waals surface area (Å²) in [5, 5.41) is 13.9. The maximum atomic E-state index is 12.6. The van der Waals surface area contributed by atoms with Gasteiger partial charge in [-0.2, -0.15) is 0 Å². The summed E-state index contributed by atoms with van der Waals surface area (Å²) in [5.74, 6) is 0.851. The highest BCUT2D eigenvalue weighted by atomic mass is 16.5. The van der Waals surface area contributed by atoms with Gasteiger partial charge in [0.15, 0.2) is 0 Å². The number of aryl methyl sites for hydroxylation is 1. The summed E-state index contributed by atoms with van der Waals surface area (Å²) in [6.45, 7) is 4.75. The van der Waals surface area contributed by atoms with Crippen LogP contribution in [0, 0.1) is 6.92 Å². The average Bonchev–Trinajstić information content (AvgIpc) is 3.21. The number of hydrogen-bond donors (Lipinski definition) is 2. The molecule has 35 heavy (non-hydrogen) atoms. The van der Waals surface area contributed by atoms with Gasteiger partial charge in [0.25, 0.3) is 0 Å². The van der Waals surface area contributed by atoms with Gasteiger partial charge in [-0.3, -0.25) is 0 Å². The maximum absolute atomic E-state index is 12.6. The van der Waals surface area contributed by atoms with Crippen molar-refractivity contribution in [3.63, 3.8) is 0 Å². The minimum absolute atomic E-state index is 0.353. The third kappa shape index (κ3) is 3.76. The summed E-state index contributed by atoms with van der Waals surface area (Å²) in [6.07, 6.45) is 3.39. The first kappa shape index (κ1) is 22.4. The normalized spacial score (nSPS) is 24.2. The number of aliphatic hydroxyl groups is 1. The Morgan fingerprint density at radius 3 is 2.69 bits per heavy atom. The molecule has 1 aliphatic carbocycles. The van der Waals surface area contributed by atoms with Crippen molar-refractivity contribution in [1.82, 2.24) is 9.88 Å². The van der Waals surface area contributed by atoms with Gasteiger partial charge in [-0.25, -0.2) is 0 Å². The van der Waals surface area contributed by atoms with Crippen LogP contribution in [0.2, 0.25) is 0 Å². The van der Waals surface area contributed by atoms with E-state index in [2.05, 4.69) is 83.5 Å². The summed E-state index contributed by atoms with van der Waals surface area (Å²) in [4.78, 5) is 6.19. The van der Waals surface area contributed by atoms with Crippen LogP contribution >= 0.6 is 0 Å². The third-order valence-electron chi connectivity index (χ3n) is 8.51. The Bertz CT molecular complexity index is 1360. The van der Waals surface area contributed by atoms with E-state index in [4.69, 9.17) is 4.74 Å². The molecular formula is C31H34N2O2. The molecule has 2 N–H and O–H groups in total. The van der Waals surface area contributed by atoms with Crippen molar-refractivity contribution >= 4 is 10.9 Å². The van der Waals surface area contributed by atoms with E-state index in [1.165, 1.54) is 38.9 Å². The number of β-amino-alcohol motifs (C(OH)–C–C–N with tert-alkyl or cyclic N) is 1. The van der Waals surface area contributed by atoms with Gasteiger partial charge >= 0.3 is 0 Å². The number of hydrogen-bond acceptors (Lipinski definition) is 3. The molecule has 0 spiro atoms. The van der Waals surface area contributed by atoms with Crippen molar-refractivity contribution < 1.29 is 9.84 Å². The highest BCUT2D eigenvalue weighted by molar-refractivity contribution is 5.86. The molecule has 180 valence electrons. The van der Waals surface area contributed by atoms with Crippen LogP contribution in [0.3, 0.4) is 0 Å². The Morgan fingerprint density at radius 1 is 1.00 bits per heavy atom. The first-order valence-electron chi connectivity index (χ1n) is 12.7. The predicted molar refractivity (Wildman–Crippen MR) is 141 cm³/mol. The van der Waals surface area contributed by atoms with E-state index in [-0.39, 0.29) is 5.41 Å². The zero-order valence-electron chi connectivity index (χ0n) is 20.7. The topological polar surface area (TPSA) is 48.5 Å². The van der Waals surface area contributed by atoms with Crippen molar-refractivity contribution in [2.45, 2.75) is 43.6 Å². The maximum Gasteiger partial charge on any atom is 0.119 e. The Kier molecular flexibility index (Phi) is 5.46. The van der Waals surface area contributed by atoms with E-state index in [1.54, 1.807) is 7.11 Å². The lowest BCUT2D eigenvalue weighted by Gasteiger charge is -2.56. The van der Waals surface area contributed by atoms with E-state index >= 15 is 0 Å². The molecule has 2 atom stereocenters. The van der Waals surface area contributed by atoms with E-state index in [1.807, 2.05) is 6.07 Å². The van der Waals surface area contributed by atoms with Crippen LogP contribution in [0.1, 0.15) is 34.4 Å². The number of aromatic amines is 1. The molecule has 4 heteroatoms. The van der Waals surface area contributed by atoms with E-state index < -0.39 is 5.60 Å². The monoisotopic (exact) mass is 466 g/mol. The van der Waals surface area contributed by atoms with Crippen molar-refractivity contribution in [3.8, 4) is 5.75 Å². The van der Waals surface area contributed by atoms with Crippen LogP contribution < -0.4 is 4.74 Å². The van der Waals surface area contributed by atoms with Crippen LogP contribution in [0.15, 0.2) is 72.8 Å². The number of likely N-dealkylation sites (tertiary alicyclic amines) is 1. The zero-order valence-corrected chi connectivity index (χ0v) is 20.7. The number of benzene rings is 3. The molecular weight excluding hydrogens is 432 g/mol. The van der Waals surface area contributed by atoms with E-state index in [9.17, 15) is 5.11 Å². The summed E-state index contributed by atoms with van der Waals surface area (Å²) >= 11 is 0. The molecule has 3 aromatic carbocycles. The van der Waals surface area contributed by atoms with Gasteiger partial charge in [0.2, 0.25) is 0 Å². The molecule has 0 unspecified atom stereocenters. The van der Waals surface area contributed by atoms with Gasteiger partial charge in [-0.05, 0) is 67.3 Å². The van der Waals surface area contributed by atoms with Crippen LogP contribution in [-0.2, 0) is 24.7 Å². The molecule has 4 aromatic rings. The van der Waals surface area contributed by atoms with Gasteiger partial charge in [0.1, 0.15) is 5.75 Å². The number of methoxy groups -OCH3 is 1. The van der Waals surface area contributed by atoms with Gasteiger partial charge in [0, 0.05) is 47.9 Å². The quantitative estimate of drug-likeness (QED) is 0.425. The first-order valence-corrected chi connectivity index (χ1v) is 12.7. The van der Waals surface area contributed by atoms with Crippen LogP contribution in [0.5, 0.6) is 5.75 Å². The molecule has 6 rings (SSSR count). The number of aromatic nitrogens is 1. The molecule has 1 saturated heterocycles. The highest BCUT2D eigenvalue weighted by Crippen LogP contribution is 2.51. The molecule has 1 aliphatic heterocycles. The first-order chi connectivity index (χ1) is 17.0. The van der Waals surface area contributed by atoms with E-state index in [0.29, 0.717) is 13.0 Å². The molecule has 0 bridgehead atoms. The minimum atomic E-state index is -0.861. The smallest absolute Gasteiger partial charge is 0.119 e. The van der Waals surface area contributed by atoms with Crippen molar-refractivity contribution in [3.05, 3.63) is 101 Å². The summed E-state index contributed by atoms with van der Waals surface area (Å²) < 4.78 is 5.59. The number of nitrogens with zero attached hydrogens (tertiary/aromatic N) is 1. The molecule has 0 amide bonds. The van der Waals surface area contributed by atoms with Crippen LogP contribution in [0.4, 0.5) is 0 Å². The number of fused-ring (bicyclic) bond motifs is 4. The van der Waals surface area contributed by atoms with Gasteiger partial charge in [-0.1, -0.05) is 54.1 Å². The SMILES string of the molecule is COc1cccc([C@@]23CCN(CCc4ccccc4)C[C@@]2(O)Cc2c([nH]c4ccc(C)cc24)C3)c1. The van der Waals surface area contributed by atoms with Gasteiger partial charge < -0.3 is 19.7 Å². The zero-order chi connectivity index (χ0) is 24.0. The minimum Gasteiger partial charge on any atom is -0.497 e. The summed E-state index contributed by atoms with van der Waals surface area (Å²) in [5.41, 5.74) is 6.30. The fraction of sp³-hybridized carbons (Fsp3) is 0.355. The number of H-pyrrole nitrogens is 1. The molecule has 1 aromatic heterocycles. The second-order valence-corrected chi connectivity index (χ2v) is 10.6. The molecule has 4 nitrogen and oxygen atoms in total. The second kappa shape index (κ2) is 8.54. The van der Waals surface area contributed by atoms with Crippen molar-refractivity contribution in [1.29, 1.82) is 0 Å². The molecule has 2 heterocycles. The number of nitrogens with one attached hydrogen (secondary N) is 1. The molecule has 1 fully saturated rings. The largest absolute Gasteiger partial charge is 0.497 e. The summed E-state index contributed by atoms with van der Waals surface area (Å²) in [7, 11) is 1.72. The Balaban J connectivity index is 1.40. The number of piperidine rings is 1. The lowest BCUT2D eigenvalue weighted by Crippen LogP contribution is -2.66. The lowest BCUT2D eigenvalue weighted by atomic mass is 9.56. The Hall–Kier alpha value is -3.08. The predicted octanol–water partition coefficient (Wildman–Crippen LogP) is 5.20. The number of ether oxygens (including phenoxy) is 1. The van der Waals surface area contributed by atoms with Crippen molar-refractivity contribution in [2.24, 2.45) is 0 Å². The molecule has 2 aliphatic rings. The van der Waals surface area contributed by atoms with E-state index in [0.717, 1.165) is 38.1 Å². The highest BCUT2D eigenvalue weighted by Gasteiger charge is 2.57.